The maximum Gasteiger partial charge on any atom is 0.368 e. The van der Waals surface area contributed by atoms with Crippen molar-refractivity contribution >= 4 is 10.4 Å². The van der Waals surface area contributed by atoms with Crippen LogP contribution in [0.3, 0.4) is 0 Å². The minimum atomic E-state index is -5.17. The maximum atomic E-state index is 9.56. The van der Waals surface area contributed by atoms with Gasteiger partial charge in [0.2, 0.25) is 0 Å². The molecular weight excluding hydrogens is 276 g/mol. The summed E-state index contributed by atoms with van der Waals surface area (Å²) in [6.45, 7) is 3.46. The number of pyridine rings is 1. The van der Waals surface area contributed by atoms with Crippen LogP contribution in [0.2, 0.25) is 0 Å². The van der Waals surface area contributed by atoms with Gasteiger partial charge in [0.25, 0.3) is 0 Å². The average molecular weight is 294 g/mol. The van der Waals surface area contributed by atoms with E-state index in [0.29, 0.717) is 6.54 Å². The van der Waals surface area contributed by atoms with Crippen molar-refractivity contribution in [1.82, 2.24) is 0 Å². The van der Waals surface area contributed by atoms with Gasteiger partial charge in [0.15, 0.2) is 6.54 Å². The molecule has 0 amide bonds. The molecule has 0 radical (unpaired) electrons. The molecule has 110 valence electrons. The Hall–Kier alpha value is -1.42. The first-order valence-electron chi connectivity index (χ1n) is 5.52. The van der Waals surface area contributed by atoms with Crippen molar-refractivity contribution in [3.05, 3.63) is 17.7 Å². The molecule has 8 nitrogen and oxygen atoms in total. The molecule has 4 N–H and O–H groups in total. The van der Waals surface area contributed by atoms with E-state index >= 15 is 0 Å². The lowest BCUT2D eigenvalue weighted by molar-refractivity contribution is -0.716. The van der Waals surface area contributed by atoms with E-state index < -0.39 is 10.4 Å². The molecule has 0 saturated carbocycles. The van der Waals surface area contributed by atoms with Crippen LogP contribution >= 0.6 is 0 Å². The first kappa shape index (κ1) is 17.6. The SMILES string of the molecule is C[NH2+]CCC[n+]1c(O)cc(C)cc1O.O=S(=O)([O-])[O-]. The Kier molecular flexibility index (Phi) is 7.30. The molecule has 0 atom stereocenters. The van der Waals surface area contributed by atoms with Crippen LogP contribution in [0.1, 0.15) is 12.0 Å². The third-order valence-electron chi connectivity index (χ3n) is 2.14. The van der Waals surface area contributed by atoms with Gasteiger partial charge in [0.05, 0.1) is 32.1 Å². The molecule has 0 aliphatic rings. The Balaban J connectivity index is 0.000000555. The van der Waals surface area contributed by atoms with Gasteiger partial charge in [-0.25, -0.2) is 0 Å². The van der Waals surface area contributed by atoms with Crippen LogP contribution in [0.4, 0.5) is 0 Å². The lowest BCUT2D eigenvalue weighted by atomic mass is 10.3. The largest absolute Gasteiger partial charge is 0.759 e. The van der Waals surface area contributed by atoms with Crippen LogP contribution in [0.15, 0.2) is 12.1 Å². The summed E-state index contributed by atoms with van der Waals surface area (Å²) in [5.74, 6) is 0.247. The summed E-state index contributed by atoms with van der Waals surface area (Å²) in [6, 6.07) is 3.30. The molecule has 0 bridgehead atoms. The van der Waals surface area contributed by atoms with Crippen molar-refractivity contribution in [2.75, 3.05) is 13.6 Å². The summed E-state index contributed by atoms with van der Waals surface area (Å²) in [4.78, 5) is 0. The fourth-order valence-electron chi connectivity index (χ4n) is 1.40. The van der Waals surface area contributed by atoms with Gasteiger partial charge in [-0.15, -0.1) is 4.57 Å². The Bertz CT molecular complexity index is 472. The molecule has 1 aromatic rings. The van der Waals surface area contributed by atoms with Crippen LogP contribution in [0.5, 0.6) is 11.8 Å². The minimum absolute atomic E-state index is 0.124. The second-order valence-electron chi connectivity index (χ2n) is 3.86. The highest BCUT2D eigenvalue weighted by molar-refractivity contribution is 7.79. The van der Waals surface area contributed by atoms with E-state index in [1.54, 1.807) is 12.1 Å². The van der Waals surface area contributed by atoms with Gasteiger partial charge in [-0.05, 0) is 12.5 Å². The summed E-state index contributed by atoms with van der Waals surface area (Å²) < 4.78 is 35.6. The zero-order valence-corrected chi connectivity index (χ0v) is 11.6. The molecule has 0 aromatic carbocycles. The standard InChI is InChI=1S/C10H16N2O2.H2O4S/c1-8-6-9(13)12(10(14)7-8)5-3-4-11-2;1-5(2,3)4/h6-7,11H,3-5H2,1-2H3,(H,13,14);(H2,1,2,3,4). The van der Waals surface area contributed by atoms with E-state index in [9.17, 15) is 10.2 Å². The molecule has 0 fully saturated rings. The number of rotatable bonds is 4. The van der Waals surface area contributed by atoms with Gasteiger partial charge in [-0.3, -0.25) is 8.42 Å². The lowest BCUT2D eigenvalue weighted by Gasteiger charge is -2.06. The first-order valence-corrected chi connectivity index (χ1v) is 6.85. The van der Waals surface area contributed by atoms with Crippen LogP contribution < -0.4 is 9.88 Å². The molecule has 0 saturated heterocycles. The second kappa shape index (κ2) is 7.89. The molecule has 0 spiro atoms. The quantitative estimate of drug-likeness (QED) is 0.252. The molecule has 1 aromatic heterocycles. The van der Waals surface area contributed by atoms with Crippen molar-refractivity contribution in [3.8, 4) is 11.8 Å². The number of hydrogen-bond acceptors (Lipinski definition) is 6. The third-order valence-corrected chi connectivity index (χ3v) is 2.14. The summed E-state index contributed by atoms with van der Waals surface area (Å²) in [6.07, 6.45) is 0.922. The molecule has 0 unspecified atom stereocenters. The molecule has 0 aliphatic heterocycles. The Labute approximate surface area is 111 Å². The number of aromatic nitrogens is 1. The first-order chi connectivity index (χ1) is 8.65. The van der Waals surface area contributed by atoms with Crippen LogP contribution in [-0.4, -0.2) is 41.3 Å². The Morgan fingerprint density at radius 2 is 1.68 bits per heavy atom. The lowest BCUT2D eigenvalue weighted by Crippen LogP contribution is -2.79. The fraction of sp³-hybridized carbons (Fsp3) is 0.500. The van der Waals surface area contributed by atoms with Gasteiger partial charge >= 0.3 is 11.8 Å². The topological polar surface area (TPSA) is 141 Å². The highest BCUT2D eigenvalue weighted by Gasteiger charge is 2.15. The van der Waals surface area contributed by atoms with E-state index in [1.165, 1.54) is 4.57 Å². The highest BCUT2D eigenvalue weighted by Crippen LogP contribution is 2.12. The molecular formula is C10H18N2O6S. The summed E-state index contributed by atoms with van der Waals surface area (Å²) in [5, 5.41) is 21.2. The van der Waals surface area contributed by atoms with E-state index in [2.05, 4.69) is 5.32 Å². The predicted octanol–water partition coefficient (Wildman–Crippen LogP) is -2.06. The van der Waals surface area contributed by atoms with Gasteiger partial charge in [0, 0.05) is 10.4 Å². The molecule has 1 rings (SSSR count). The van der Waals surface area contributed by atoms with E-state index in [0.717, 1.165) is 18.5 Å². The van der Waals surface area contributed by atoms with Crippen LogP contribution in [-0.2, 0) is 16.9 Å². The smallest absolute Gasteiger partial charge is 0.368 e. The van der Waals surface area contributed by atoms with Gasteiger partial charge in [-0.2, -0.15) is 0 Å². The van der Waals surface area contributed by atoms with Gasteiger partial charge < -0.3 is 24.6 Å². The van der Waals surface area contributed by atoms with E-state index in [-0.39, 0.29) is 11.8 Å². The van der Waals surface area contributed by atoms with E-state index in [1.807, 2.05) is 14.0 Å². The molecule has 9 heteroatoms. The van der Waals surface area contributed by atoms with Crippen molar-refractivity contribution in [1.29, 1.82) is 0 Å². The van der Waals surface area contributed by atoms with Gasteiger partial charge in [0.1, 0.15) is 0 Å². The third kappa shape index (κ3) is 9.19. The predicted molar refractivity (Wildman–Crippen MR) is 62.5 cm³/mol. The number of nitrogens with two attached hydrogens (primary N) is 1. The monoisotopic (exact) mass is 294 g/mol. The van der Waals surface area contributed by atoms with Crippen molar-refractivity contribution in [2.24, 2.45) is 0 Å². The van der Waals surface area contributed by atoms with E-state index in [4.69, 9.17) is 17.5 Å². The summed E-state index contributed by atoms with van der Waals surface area (Å²) in [7, 11) is -3.17. The Morgan fingerprint density at radius 1 is 1.26 bits per heavy atom. The highest BCUT2D eigenvalue weighted by atomic mass is 32.3. The van der Waals surface area contributed by atoms with Crippen molar-refractivity contribution < 1.29 is 37.6 Å². The molecule has 1 heterocycles. The number of aromatic hydroxyl groups is 2. The summed E-state index contributed by atoms with van der Waals surface area (Å²) in [5.41, 5.74) is 0.860. The summed E-state index contributed by atoms with van der Waals surface area (Å²) >= 11 is 0. The Morgan fingerprint density at radius 3 is 2.05 bits per heavy atom. The van der Waals surface area contributed by atoms with Crippen molar-refractivity contribution in [2.45, 2.75) is 19.9 Å². The number of hydrogen-bond donors (Lipinski definition) is 3. The number of aryl methyl sites for hydroxylation is 1. The minimum Gasteiger partial charge on any atom is -0.759 e. The maximum absolute atomic E-state index is 9.56. The zero-order chi connectivity index (χ0) is 15.1. The molecule has 19 heavy (non-hydrogen) atoms. The fourth-order valence-corrected chi connectivity index (χ4v) is 1.40. The van der Waals surface area contributed by atoms with Gasteiger partial charge in [-0.1, -0.05) is 0 Å². The molecule has 0 aliphatic carbocycles. The number of quaternary nitrogens is 1. The van der Waals surface area contributed by atoms with Crippen molar-refractivity contribution in [3.63, 3.8) is 0 Å². The van der Waals surface area contributed by atoms with Crippen LogP contribution in [0, 0.1) is 6.92 Å². The average Bonchev–Trinajstić information content (AvgIpc) is 2.19. The van der Waals surface area contributed by atoms with Crippen LogP contribution in [0.25, 0.3) is 0 Å². The second-order valence-corrected chi connectivity index (χ2v) is 4.68. The number of nitrogens with zero attached hydrogens (tertiary/aromatic N) is 1. The normalized spacial score (nSPS) is 10.7. The zero-order valence-electron chi connectivity index (χ0n) is 10.7.